The average molecular weight is 314 g/mol. The Morgan fingerprint density at radius 3 is 3.00 bits per heavy atom. The van der Waals surface area contributed by atoms with Gasteiger partial charge in [0.15, 0.2) is 6.61 Å². The van der Waals surface area contributed by atoms with Crippen LogP contribution in [0.15, 0.2) is 18.2 Å². The summed E-state index contributed by atoms with van der Waals surface area (Å²) in [6.45, 7) is 2.24. The predicted molar refractivity (Wildman–Crippen MR) is 76.1 cm³/mol. The highest BCUT2D eigenvalue weighted by Crippen LogP contribution is 2.29. The number of hydrogen-bond acceptors (Lipinski definition) is 4. The molecule has 0 aliphatic carbocycles. The van der Waals surface area contributed by atoms with Gasteiger partial charge in [-0.2, -0.15) is 0 Å². The van der Waals surface area contributed by atoms with E-state index in [9.17, 15) is 18.7 Å². The molecule has 1 aromatic rings. The van der Waals surface area contributed by atoms with Gasteiger partial charge in [0.25, 0.3) is 12.3 Å². The molecule has 7 heteroatoms. The molecule has 22 heavy (non-hydrogen) atoms. The zero-order valence-corrected chi connectivity index (χ0v) is 12.5. The number of carbonyl (C=O) groups is 1. The molecule has 0 radical (unpaired) electrons. The quantitative estimate of drug-likeness (QED) is 0.902. The Morgan fingerprint density at radius 2 is 2.32 bits per heavy atom. The number of pyridine rings is 1. The minimum atomic E-state index is -2.59. The van der Waals surface area contributed by atoms with Crippen LogP contribution in [0, 0.1) is 5.41 Å². The molecule has 1 N–H and O–H groups in total. The fourth-order valence-electron chi connectivity index (χ4n) is 2.54. The molecule has 1 saturated heterocycles. The van der Waals surface area contributed by atoms with Crippen molar-refractivity contribution >= 4 is 5.91 Å². The predicted octanol–water partition coefficient (Wildman–Crippen LogP) is 1.96. The molecule has 1 fully saturated rings. The average Bonchev–Trinajstić information content (AvgIpc) is 2.52. The molecule has 0 saturated carbocycles. The van der Waals surface area contributed by atoms with Crippen LogP contribution in [0.4, 0.5) is 8.78 Å². The number of aromatic nitrogens is 1. The fourth-order valence-corrected chi connectivity index (χ4v) is 2.54. The summed E-state index contributed by atoms with van der Waals surface area (Å²) in [5.74, 6) is -0.269. The van der Waals surface area contributed by atoms with Crippen molar-refractivity contribution in [2.45, 2.75) is 26.2 Å². The Bertz CT molecular complexity index is 527. The largest absolute Gasteiger partial charge is 0.472 e. The van der Waals surface area contributed by atoms with Gasteiger partial charge in [-0.3, -0.25) is 4.79 Å². The molecular formula is C15H20F2N2O3. The first-order chi connectivity index (χ1) is 10.4. The second-order valence-corrected chi connectivity index (χ2v) is 5.86. The Kier molecular flexibility index (Phi) is 5.28. The summed E-state index contributed by atoms with van der Waals surface area (Å²) < 4.78 is 29.1. The van der Waals surface area contributed by atoms with E-state index >= 15 is 0 Å². The van der Waals surface area contributed by atoms with Gasteiger partial charge in [0.1, 0.15) is 5.69 Å². The molecule has 122 valence electrons. The lowest BCUT2D eigenvalue weighted by Gasteiger charge is -2.39. The van der Waals surface area contributed by atoms with E-state index in [0.717, 1.165) is 12.8 Å². The number of alkyl halides is 2. The molecule has 0 aromatic carbocycles. The highest BCUT2D eigenvalue weighted by molar-refractivity contribution is 5.92. The smallest absolute Gasteiger partial charge is 0.272 e. The minimum Gasteiger partial charge on any atom is -0.472 e. The number of rotatable bonds is 5. The fraction of sp³-hybridized carbons (Fsp3) is 0.600. The summed E-state index contributed by atoms with van der Waals surface area (Å²) in [5.41, 5.74) is -0.147. The van der Waals surface area contributed by atoms with Crippen LogP contribution in [-0.4, -0.2) is 53.6 Å². The first-order valence-electron chi connectivity index (χ1n) is 7.22. The second-order valence-electron chi connectivity index (χ2n) is 5.86. The zero-order chi connectivity index (χ0) is 16.2. The summed E-state index contributed by atoms with van der Waals surface area (Å²) in [7, 11) is 0. The van der Waals surface area contributed by atoms with E-state index in [1.54, 1.807) is 11.0 Å². The lowest BCUT2D eigenvalue weighted by Crippen LogP contribution is -2.46. The second kappa shape index (κ2) is 7.00. The van der Waals surface area contributed by atoms with Gasteiger partial charge in [-0.15, -0.1) is 0 Å². The third-order valence-corrected chi connectivity index (χ3v) is 3.75. The van der Waals surface area contributed by atoms with Gasteiger partial charge in [-0.25, -0.2) is 13.8 Å². The molecule has 1 unspecified atom stereocenters. The van der Waals surface area contributed by atoms with Gasteiger partial charge in [0.2, 0.25) is 5.88 Å². The van der Waals surface area contributed by atoms with Crippen LogP contribution in [0.25, 0.3) is 0 Å². The lowest BCUT2D eigenvalue weighted by atomic mass is 9.82. The summed E-state index contributed by atoms with van der Waals surface area (Å²) in [6, 6.07) is 4.52. The highest BCUT2D eigenvalue weighted by atomic mass is 19.3. The SMILES string of the molecule is CC1(CO)CCCN(C(=O)c2cccc(OCC(F)F)n2)C1. The number of halogens is 2. The summed E-state index contributed by atoms with van der Waals surface area (Å²) >= 11 is 0. The number of nitrogens with zero attached hydrogens (tertiary/aromatic N) is 2. The molecule has 1 atom stereocenters. The van der Waals surface area contributed by atoms with Crippen molar-refractivity contribution in [3.05, 3.63) is 23.9 Å². The topological polar surface area (TPSA) is 62.7 Å². The van der Waals surface area contributed by atoms with Crippen LogP contribution in [0.1, 0.15) is 30.3 Å². The van der Waals surface area contributed by atoms with Crippen LogP contribution in [-0.2, 0) is 0 Å². The third-order valence-electron chi connectivity index (χ3n) is 3.75. The Balaban J connectivity index is 2.07. The number of carbonyl (C=O) groups excluding carboxylic acids is 1. The van der Waals surface area contributed by atoms with E-state index in [0.29, 0.717) is 13.1 Å². The Labute approximate surface area is 127 Å². The zero-order valence-electron chi connectivity index (χ0n) is 12.5. The number of piperidine rings is 1. The Morgan fingerprint density at radius 1 is 1.55 bits per heavy atom. The number of ether oxygens (including phenoxy) is 1. The molecular weight excluding hydrogens is 294 g/mol. The van der Waals surface area contributed by atoms with E-state index < -0.39 is 13.0 Å². The van der Waals surface area contributed by atoms with E-state index in [1.165, 1.54) is 12.1 Å². The molecule has 1 amide bonds. The highest BCUT2D eigenvalue weighted by Gasteiger charge is 2.33. The van der Waals surface area contributed by atoms with Gasteiger partial charge in [-0.1, -0.05) is 13.0 Å². The van der Waals surface area contributed by atoms with Crippen LogP contribution >= 0.6 is 0 Å². The molecule has 1 aliphatic heterocycles. The number of aliphatic hydroxyl groups excluding tert-OH is 1. The van der Waals surface area contributed by atoms with Gasteiger partial charge in [0.05, 0.1) is 6.61 Å². The maximum atomic E-state index is 12.5. The molecule has 2 rings (SSSR count). The van der Waals surface area contributed by atoms with Gasteiger partial charge in [-0.05, 0) is 18.9 Å². The molecule has 0 spiro atoms. The van der Waals surface area contributed by atoms with Crippen molar-refractivity contribution < 1.29 is 23.4 Å². The maximum Gasteiger partial charge on any atom is 0.272 e. The van der Waals surface area contributed by atoms with Gasteiger partial charge < -0.3 is 14.7 Å². The van der Waals surface area contributed by atoms with Gasteiger partial charge in [0, 0.05) is 24.6 Å². The molecule has 2 heterocycles. The van der Waals surface area contributed by atoms with E-state index in [-0.39, 0.29) is 29.5 Å². The van der Waals surface area contributed by atoms with Gasteiger partial charge >= 0.3 is 0 Å². The first kappa shape index (κ1) is 16.6. The van der Waals surface area contributed by atoms with Crippen LogP contribution in [0.3, 0.4) is 0 Å². The first-order valence-corrected chi connectivity index (χ1v) is 7.22. The van der Waals surface area contributed by atoms with Crippen molar-refractivity contribution in [2.75, 3.05) is 26.3 Å². The minimum absolute atomic E-state index is 0.00748. The van der Waals surface area contributed by atoms with Crippen molar-refractivity contribution in [3.63, 3.8) is 0 Å². The van der Waals surface area contributed by atoms with Crippen molar-refractivity contribution in [2.24, 2.45) is 5.41 Å². The monoisotopic (exact) mass is 314 g/mol. The van der Waals surface area contributed by atoms with E-state index in [2.05, 4.69) is 4.98 Å². The van der Waals surface area contributed by atoms with E-state index in [4.69, 9.17) is 4.74 Å². The van der Waals surface area contributed by atoms with Crippen molar-refractivity contribution in [3.8, 4) is 5.88 Å². The van der Waals surface area contributed by atoms with Crippen LogP contribution < -0.4 is 4.74 Å². The third kappa shape index (κ3) is 4.13. The summed E-state index contributed by atoms with van der Waals surface area (Å²) in [6.07, 6.45) is -0.920. The molecule has 0 bridgehead atoms. The van der Waals surface area contributed by atoms with Crippen LogP contribution in [0.5, 0.6) is 5.88 Å². The van der Waals surface area contributed by atoms with Crippen LogP contribution in [0.2, 0.25) is 0 Å². The maximum absolute atomic E-state index is 12.5. The summed E-state index contributed by atoms with van der Waals surface area (Å²) in [5, 5.41) is 9.44. The normalized spacial score (nSPS) is 22.0. The molecule has 1 aliphatic rings. The lowest BCUT2D eigenvalue weighted by molar-refractivity contribution is 0.0352. The molecule has 5 nitrogen and oxygen atoms in total. The number of likely N-dealkylation sites (tertiary alicyclic amines) is 1. The van der Waals surface area contributed by atoms with Crippen molar-refractivity contribution in [1.82, 2.24) is 9.88 Å². The molecule has 1 aromatic heterocycles. The number of hydrogen-bond donors (Lipinski definition) is 1. The number of amides is 1. The number of aliphatic hydroxyl groups is 1. The van der Waals surface area contributed by atoms with Crippen molar-refractivity contribution in [1.29, 1.82) is 0 Å². The Hall–Kier alpha value is -1.76. The van der Waals surface area contributed by atoms with E-state index in [1.807, 2.05) is 6.92 Å². The summed E-state index contributed by atoms with van der Waals surface area (Å²) in [4.78, 5) is 18.1. The standard InChI is InChI=1S/C15H20F2N2O3/c1-15(10-20)6-3-7-19(9-15)14(21)11-4-2-5-13(18-11)22-8-12(16)17/h2,4-5,12,20H,3,6-10H2,1H3.